The van der Waals surface area contributed by atoms with Crippen molar-refractivity contribution < 1.29 is 17.9 Å². The maximum atomic E-state index is 13.3. The van der Waals surface area contributed by atoms with Gasteiger partial charge in [0, 0.05) is 31.9 Å². The first kappa shape index (κ1) is 18.8. The van der Waals surface area contributed by atoms with Crippen molar-refractivity contribution in [2.45, 2.75) is 12.3 Å². The number of nitrogens with one attached hydrogen (secondary N) is 3. The first-order valence-electron chi connectivity index (χ1n) is 8.08. The van der Waals surface area contributed by atoms with E-state index >= 15 is 0 Å². The SMILES string of the molecule is N#Cc1cnc(Nc2cc(NC[C@H]3CNCCO3)c(C(F)(F)F)cn2)cn1. The molecule has 0 spiro atoms. The number of hydrogen-bond donors (Lipinski definition) is 3. The van der Waals surface area contributed by atoms with Gasteiger partial charge >= 0.3 is 6.18 Å². The van der Waals surface area contributed by atoms with Gasteiger partial charge in [0.15, 0.2) is 5.69 Å². The quantitative estimate of drug-likeness (QED) is 0.723. The van der Waals surface area contributed by atoms with Gasteiger partial charge in [-0.2, -0.15) is 18.4 Å². The lowest BCUT2D eigenvalue weighted by Gasteiger charge is -2.25. The van der Waals surface area contributed by atoms with E-state index in [-0.39, 0.29) is 35.7 Å². The van der Waals surface area contributed by atoms with Gasteiger partial charge in [-0.05, 0) is 0 Å². The average molecular weight is 379 g/mol. The Labute approximate surface area is 152 Å². The first-order valence-corrected chi connectivity index (χ1v) is 8.08. The number of nitrogens with zero attached hydrogens (tertiary/aromatic N) is 4. The Morgan fingerprint density at radius 3 is 2.67 bits per heavy atom. The Hall–Kier alpha value is -2.97. The molecule has 3 rings (SSSR count). The number of halogens is 3. The summed E-state index contributed by atoms with van der Waals surface area (Å²) in [6.45, 7) is 2.01. The van der Waals surface area contributed by atoms with Crippen molar-refractivity contribution in [3.8, 4) is 6.07 Å². The van der Waals surface area contributed by atoms with E-state index in [2.05, 4.69) is 30.9 Å². The first-order chi connectivity index (χ1) is 13.0. The molecule has 27 heavy (non-hydrogen) atoms. The molecule has 0 bridgehead atoms. The maximum absolute atomic E-state index is 13.3. The molecule has 1 saturated heterocycles. The number of rotatable bonds is 5. The van der Waals surface area contributed by atoms with Crippen LogP contribution in [0.3, 0.4) is 0 Å². The normalized spacial score (nSPS) is 17.2. The van der Waals surface area contributed by atoms with Gasteiger partial charge in [-0.1, -0.05) is 0 Å². The molecule has 1 fully saturated rings. The number of nitriles is 1. The predicted octanol–water partition coefficient (Wildman–Crippen LogP) is 1.91. The summed E-state index contributed by atoms with van der Waals surface area (Å²) in [5, 5.41) is 17.4. The van der Waals surface area contributed by atoms with Crippen molar-refractivity contribution in [3.05, 3.63) is 35.9 Å². The van der Waals surface area contributed by atoms with Crippen LogP contribution in [-0.2, 0) is 10.9 Å². The van der Waals surface area contributed by atoms with Gasteiger partial charge in [0.2, 0.25) is 0 Å². The summed E-state index contributed by atoms with van der Waals surface area (Å²) in [5.74, 6) is 0.416. The number of ether oxygens (including phenoxy) is 1. The molecule has 3 heterocycles. The van der Waals surface area contributed by atoms with E-state index in [1.54, 1.807) is 0 Å². The number of anilines is 3. The smallest absolute Gasteiger partial charge is 0.382 e. The van der Waals surface area contributed by atoms with Crippen LogP contribution < -0.4 is 16.0 Å². The third kappa shape index (κ3) is 5.02. The summed E-state index contributed by atoms with van der Waals surface area (Å²) < 4.78 is 45.3. The second-order valence-corrected chi connectivity index (χ2v) is 5.71. The van der Waals surface area contributed by atoms with Crippen molar-refractivity contribution >= 4 is 17.3 Å². The molecule has 1 atom stereocenters. The fourth-order valence-corrected chi connectivity index (χ4v) is 2.45. The molecule has 11 heteroatoms. The Morgan fingerprint density at radius 2 is 2.04 bits per heavy atom. The minimum atomic E-state index is -4.55. The third-order valence-electron chi connectivity index (χ3n) is 3.76. The molecule has 2 aromatic rings. The van der Waals surface area contributed by atoms with Gasteiger partial charge in [0.25, 0.3) is 0 Å². The topological polar surface area (TPSA) is 108 Å². The van der Waals surface area contributed by atoms with Crippen molar-refractivity contribution in [3.63, 3.8) is 0 Å². The van der Waals surface area contributed by atoms with Gasteiger partial charge in [0.05, 0.1) is 36.4 Å². The molecule has 0 radical (unpaired) electrons. The lowest BCUT2D eigenvalue weighted by molar-refractivity contribution is -0.137. The van der Waals surface area contributed by atoms with Crippen LogP contribution in [0.2, 0.25) is 0 Å². The van der Waals surface area contributed by atoms with Crippen LogP contribution in [0.5, 0.6) is 0 Å². The number of hydrogen-bond acceptors (Lipinski definition) is 8. The van der Waals surface area contributed by atoms with E-state index in [1.807, 2.05) is 6.07 Å². The summed E-state index contributed by atoms with van der Waals surface area (Å²) >= 11 is 0. The monoisotopic (exact) mass is 379 g/mol. The van der Waals surface area contributed by atoms with E-state index in [0.717, 1.165) is 12.7 Å². The van der Waals surface area contributed by atoms with Crippen LogP contribution in [0.4, 0.5) is 30.5 Å². The summed E-state index contributed by atoms with van der Waals surface area (Å²) in [5.41, 5.74) is -0.858. The molecule has 0 aliphatic carbocycles. The number of pyridine rings is 1. The highest BCUT2D eigenvalue weighted by Crippen LogP contribution is 2.35. The molecule has 0 saturated carbocycles. The molecule has 1 aliphatic heterocycles. The van der Waals surface area contributed by atoms with E-state index in [9.17, 15) is 13.2 Å². The van der Waals surface area contributed by atoms with Crippen molar-refractivity contribution in [1.29, 1.82) is 5.26 Å². The Balaban J connectivity index is 1.77. The minimum absolute atomic E-state index is 0.115. The van der Waals surface area contributed by atoms with Gasteiger partial charge in [-0.3, -0.25) is 0 Å². The number of aromatic nitrogens is 3. The average Bonchev–Trinajstić information content (AvgIpc) is 2.67. The van der Waals surface area contributed by atoms with E-state index in [4.69, 9.17) is 10.00 Å². The minimum Gasteiger partial charge on any atom is -0.382 e. The molecule has 8 nitrogen and oxygen atoms in total. The van der Waals surface area contributed by atoms with Crippen LogP contribution >= 0.6 is 0 Å². The zero-order valence-electron chi connectivity index (χ0n) is 14.0. The fraction of sp³-hybridized carbons (Fsp3) is 0.375. The summed E-state index contributed by atoms with van der Waals surface area (Å²) in [6.07, 6.45) is -1.48. The maximum Gasteiger partial charge on any atom is 0.419 e. The van der Waals surface area contributed by atoms with Crippen LogP contribution in [-0.4, -0.2) is 47.3 Å². The summed E-state index contributed by atoms with van der Waals surface area (Å²) in [6, 6.07) is 3.08. The van der Waals surface area contributed by atoms with Gasteiger partial charge in [-0.15, -0.1) is 0 Å². The molecule has 142 valence electrons. The lowest BCUT2D eigenvalue weighted by Crippen LogP contribution is -2.42. The van der Waals surface area contributed by atoms with E-state index < -0.39 is 11.7 Å². The zero-order valence-corrected chi connectivity index (χ0v) is 14.0. The molecule has 3 N–H and O–H groups in total. The largest absolute Gasteiger partial charge is 0.419 e. The molecular formula is C16H16F3N7O. The van der Waals surface area contributed by atoms with Gasteiger partial charge in [0.1, 0.15) is 17.7 Å². The molecule has 0 amide bonds. The zero-order chi connectivity index (χ0) is 19.3. The molecule has 2 aromatic heterocycles. The second kappa shape index (κ2) is 8.15. The van der Waals surface area contributed by atoms with E-state index in [0.29, 0.717) is 13.2 Å². The number of alkyl halides is 3. The molecule has 0 aromatic carbocycles. The van der Waals surface area contributed by atoms with Crippen LogP contribution in [0, 0.1) is 11.3 Å². The van der Waals surface area contributed by atoms with Crippen molar-refractivity contribution in [1.82, 2.24) is 20.3 Å². The summed E-state index contributed by atoms with van der Waals surface area (Å²) in [4.78, 5) is 11.6. The van der Waals surface area contributed by atoms with Crippen LogP contribution in [0.15, 0.2) is 24.7 Å². The second-order valence-electron chi connectivity index (χ2n) is 5.71. The number of morpholine rings is 1. The van der Waals surface area contributed by atoms with Crippen molar-refractivity contribution in [2.24, 2.45) is 0 Å². The predicted molar refractivity (Wildman–Crippen MR) is 90.4 cm³/mol. The highest BCUT2D eigenvalue weighted by atomic mass is 19.4. The summed E-state index contributed by atoms with van der Waals surface area (Å²) in [7, 11) is 0. The molecule has 0 unspecified atom stereocenters. The van der Waals surface area contributed by atoms with Crippen molar-refractivity contribution in [2.75, 3.05) is 36.9 Å². The Bertz CT molecular complexity index is 814. The van der Waals surface area contributed by atoms with Gasteiger partial charge < -0.3 is 20.7 Å². The highest BCUT2D eigenvalue weighted by molar-refractivity contribution is 5.62. The molecule has 1 aliphatic rings. The van der Waals surface area contributed by atoms with Gasteiger partial charge in [-0.25, -0.2) is 15.0 Å². The Morgan fingerprint density at radius 1 is 1.22 bits per heavy atom. The third-order valence-corrected chi connectivity index (χ3v) is 3.76. The van der Waals surface area contributed by atoms with Crippen LogP contribution in [0.25, 0.3) is 0 Å². The molecular weight excluding hydrogens is 363 g/mol. The standard InChI is InChI=1S/C16H16F3N7O/c17-16(18,19)12-8-25-14(26-15-9-22-10(4-20)5-24-15)3-13(12)23-7-11-6-21-1-2-27-11/h3,5,8-9,11,21H,1-2,6-7H2,(H2,23,24,25,26)/t11-/m1/s1. The van der Waals surface area contributed by atoms with Crippen LogP contribution in [0.1, 0.15) is 11.3 Å². The van der Waals surface area contributed by atoms with E-state index in [1.165, 1.54) is 18.5 Å². The fourth-order valence-electron chi connectivity index (χ4n) is 2.45. The lowest BCUT2D eigenvalue weighted by atomic mass is 10.2. The highest BCUT2D eigenvalue weighted by Gasteiger charge is 2.34. The Kier molecular flexibility index (Phi) is 5.68.